The van der Waals surface area contributed by atoms with E-state index in [9.17, 15) is 0 Å². The Balaban J connectivity index is 1.13. The van der Waals surface area contributed by atoms with E-state index in [0.717, 1.165) is 23.0 Å². The molecule has 4 heteroatoms. The summed E-state index contributed by atoms with van der Waals surface area (Å²) in [5.74, 6) is 0. The summed E-state index contributed by atoms with van der Waals surface area (Å²) < 4.78 is 3.23. The van der Waals surface area contributed by atoms with Crippen LogP contribution in [0.15, 0.2) is 48.5 Å². The van der Waals surface area contributed by atoms with Gasteiger partial charge < -0.3 is 0 Å². The molecule has 0 amide bonds. The van der Waals surface area contributed by atoms with E-state index in [0.29, 0.717) is 29.9 Å². The molecule has 2 heterocycles. The summed E-state index contributed by atoms with van der Waals surface area (Å²) >= 11 is 1.27. The van der Waals surface area contributed by atoms with E-state index in [2.05, 4.69) is 72.2 Å². The van der Waals surface area contributed by atoms with Crippen molar-refractivity contribution in [3.05, 3.63) is 48.5 Å². The molecule has 29 heavy (non-hydrogen) atoms. The van der Waals surface area contributed by atoms with Crippen molar-refractivity contribution in [1.82, 2.24) is 0 Å². The first-order valence-electron chi connectivity index (χ1n) is 11.4. The van der Waals surface area contributed by atoms with E-state index >= 15 is 0 Å². The van der Waals surface area contributed by atoms with E-state index in [1.807, 2.05) is 0 Å². The fourth-order valence-electron chi connectivity index (χ4n) is 4.66. The average molecular weight is 520 g/mol. The molecule has 2 nitrogen and oxygen atoms in total. The summed E-state index contributed by atoms with van der Waals surface area (Å²) in [7, 11) is 0. The predicted octanol–water partition coefficient (Wildman–Crippen LogP) is 4.11. The molecular weight excluding hydrogens is 486 g/mol. The number of anilines is 2. The van der Waals surface area contributed by atoms with Crippen molar-refractivity contribution in [1.29, 1.82) is 0 Å². The molecule has 2 aromatic carbocycles. The second kappa shape index (κ2) is 10.4. The van der Waals surface area contributed by atoms with Crippen LogP contribution in [0, 0.1) is 0 Å². The average Bonchev–Trinajstić information content (AvgIpc) is 3.29. The van der Waals surface area contributed by atoms with E-state index in [1.165, 1.54) is 56.3 Å². The molecular formula is C25H34N2Se2. The van der Waals surface area contributed by atoms with E-state index in [1.54, 1.807) is 8.92 Å². The van der Waals surface area contributed by atoms with Crippen LogP contribution in [0.3, 0.4) is 0 Å². The van der Waals surface area contributed by atoms with Crippen LogP contribution in [0.4, 0.5) is 11.4 Å². The molecule has 156 valence electrons. The van der Waals surface area contributed by atoms with Crippen LogP contribution in [-0.2, 0) is 0 Å². The summed E-state index contributed by atoms with van der Waals surface area (Å²) in [6, 6.07) is 18.2. The Morgan fingerprint density at radius 1 is 0.621 bits per heavy atom. The van der Waals surface area contributed by atoms with Gasteiger partial charge >= 0.3 is 190 Å². The van der Waals surface area contributed by atoms with Crippen LogP contribution in [0.2, 0.25) is 0 Å². The molecule has 0 saturated heterocycles. The summed E-state index contributed by atoms with van der Waals surface area (Å²) in [5, 5.41) is 0. The molecule has 2 atom stereocenters. The Morgan fingerprint density at radius 3 is 1.48 bits per heavy atom. The van der Waals surface area contributed by atoms with Gasteiger partial charge in [-0.25, -0.2) is 0 Å². The van der Waals surface area contributed by atoms with Gasteiger partial charge in [-0.1, -0.05) is 0 Å². The summed E-state index contributed by atoms with van der Waals surface area (Å²) in [5.41, 5.74) is 3.03. The van der Waals surface area contributed by atoms with Gasteiger partial charge in [0.1, 0.15) is 0 Å². The second-order valence-corrected chi connectivity index (χ2v) is 13.1. The van der Waals surface area contributed by atoms with E-state index in [-0.39, 0.29) is 0 Å². The molecule has 0 saturated carbocycles. The molecule has 0 aromatic heterocycles. The van der Waals surface area contributed by atoms with Crippen molar-refractivity contribution in [3.8, 4) is 0 Å². The van der Waals surface area contributed by atoms with Crippen LogP contribution in [0.5, 0.6) is 0 Å². The van der Waals surface area contributed by atoms with Gasteiger partial charge in [-0.3, -0.25) is 0 Å². The number of benzene rings is 2. The first-order chi connectivity index (χ1) is 14.3. The first kappa shape index (κ1) is 21.3. The maximum atomic E-state index is 2.66. The Kier molecular flexibility index (Phi) is 7.65. The van der Waals surface area contributed by atoms with Crippen molar-refractivity contribution in [2.45, 2.75) is 68.7 Å². The standard InChI is InChI=1S/C25H34N2Se2/c1-3-26-20-14-10-12-16-22(20)28-24(26)18-8-6-5-7-9-19-25-27(4-2)21-15-11-13-17-23(21)29-25/h10-17,24-25H,3-9,18-19H2,1-2H3. The normalized spacial score (nSPS) is 20.2. The molecule has 2 aromatic rings. The Labute approximate surface area is 189 Å². The molecule has 0 aliphatic carbocycles. The van der Waals surface area contributed by atoms with Gasteiger partial charge in [0.25, 0.3) is 0 Å². The number of hydrogen-bond donors (Lipinski definition) is 0. The summed E-state index contributed by atoms with van der Waals surface area (Å²) in [6.45, 7) is 6.94. The minimum absolute atomic E-state index is 0.635. The van der Waals surface area contributed by atoms with Crippen molar-refractivity contribution in [2.24, 2.45) is 0 Å². The zero-order chi connectivity index (χ0) is 20.1. The molecule has 0 radical (unpaired) electrons. The Morgan fingerprint density at radius 2 is 1.03 bits per heavy atom. The predicted molar refractivity (Wildman–Crippen MR) is 130 cm³/mol. The molecule has 0 bridgehead atoms. The van der Waals surface area contributed by atoms with Gasteiger partial charge in [0.05, 0.1) is 0 Å². The maximum absolute atomic E-state index is 2.66. The topological polar surface area (TPSA) is 6.48 Å². The number of unbranched alkanes of at least 4 members (excludes halogenated alkanes) is 4. The molecule has 0 fully saturated rings. The van der Waals surface area contributed by atoms with Crippen LogP contribution < -0.4 is 18.7 Å². The van der Waals surface area contributed by atoms with Crippen molar-refractivity contribution in [2.75, 3.05) is 22.9 Å². The zero-order valence-electron chi connectivity index (χ0n) is 17.8. The van der Waals surface area contributed by atoms with Gasteiger partial charge in [-0.15, -0.1) is 0 Å². The SMILES string of the molecule is CCN1c2ccccc2[Se]C1CCCCCCCC1[Se]c2ccccc2N1CC. The van der Waals surface area contributed by atoms with Crippen molar-refractivity contribution >= 4 is 50.2 Å². The third kappa shape index (κ3) is 4.88. The van der Waals surface area contributed by atoms with Gasteiger partial charge in [-0.2, -0.15) is 0 Å². The number of fused-ring (bicyclic) bond motifs is 2. The second-order valence-electron chi connectivity index (χ2n) is 8.00. The van der Waals surface area contributed by atoms with Gasteiger partial charge in [0, 0.05) is 0 Å². The van der Waals surface area contributed by atoms with Crippen LogP contribution in [0.25, 0.3) is 0 Å². The number of para-hydroxylation sites is 2. The number of nitrogens with zero attached hydrogens (tertiary/aromatic N) is 2. The monoisotopic (exact) mass is 522 g/mol. The Bertz CT molecular complexity index is 728. The molecule has 0 spiro atoms. The fourth-order valence-corrected chi connectivity index (χ4v) is 10.7. The number of hydrogen-bond acceptors (Lipinski definition) is 2. The third-order valence-electron chi connectivity index (χ3n) is 6.15. The van der Waals surface area contributed by atoms with E-state index in [4.69, 9.17) is 0 Å². The molecule has 0 N–H and O–H groups in total. The van der Waals surface area contributed by atoms with Gasteiger partial charge in [-0.05, 0) is 0 Å². The third-order valence-corrected chi connectivity index (χ3v) is 11.9. The molecule has 2 unspecified atom stereocenters. The molecule has 2 aliphatic rings. The molecule has 4 rings (SSSR count). The molecule has 2 aliphatic heterocycles. The van der Waals surface area contributed by atoms with Crippen LogP contribution in [-0.4, -0.2) is 52.9 Å². The quantitative estimate of drug-likeness (QED) is 0.344. The van der Waals surface area contributed by atoms with Crippen molar-refractivity contribution in [3.63, 3.8) is 0 Å². The minimum atomic E-state index is 0.635. The van der Waals surface area contributed by atoms with Gasteiger partial charge in [0.15, 0.2) is 0 Å². The number of rotatable bonds is 10. The summed E-state index contributed by atoms with van der Waals surface area (Å²) in [4.78, 5) is 6.91. The van der Waals surface area contributed by atoms with Gasteiger partial charge in [0.2, 0.25) is 0 Å². The van der Waals surface area contributed by atoms with Crippen LogP contribution >= 0.6 is 0 Å². The first-order valence-corrected chi connectivity index (χ1v) is 15.1. The zero-order valence-corrected chi connectivity index (χ0v) is 21.3. The summed E-state index contributed by atoms with van der Waals surface area (Å²) in [6.07, 6.45) is 9.80. The van der Waals surface area contributed by atoms with E-state index < -0.39 is 0 Å². The fraction of sp³-hybridized carbons (Fsp3) is 0.520. The Hall–Kier alpha value is -0.921. The van der Waals surface area contributed by atoms with Crippen LogP contribution in [0.1, 0.15) is 58.8 Å². The van der Waals surface area contributed by atoms with Crippen molar-refractivity contribution < 1.29 is 0 Å².